The Kier molecular flexibility index (Phi) is 2.29. The highest BCUT2D eigenvalue weighted by molar-refractivity contribution is 5.99. The Morgan fingerprint density at radius 2 is 1.84 bits per heavy atom. The van der Waals surface area contributed by atoms with Gasteiger partial charge in [-0.2, -0.15) is 5.06 Å². The molecule has 3 rings (SSSR count). The first-order chi connectivity index (χ1) is 8.83. The average molecular weight is 257 g/mol. The molecule has 0 fully saturated rings. The maximum atomic E-state index is 12.4. The second-order valence-corrected chi connectivity index (χ2v) is 5.95. The van der Waals surface area contributed by atoms with Crippen LogP contribution in [0.4, 0.5) is 0 Å². The third-order valence-electron chi connectivity index (χ3n) is 4.18. The highest BCUT2D eigenvalue weighted by Gasteiger charge is 2.50. The van der Waals surface area contributed by atoms with Crippen LogP contribution in [0.2, 0.25) is 0 Å². The van der Waals surface area contributed by atoms with E-state index in [2.05, 4.69) is 15.0 Å². The maximum Gasteiger partial charge on any atom is 0.195 e. The number of hydrogen-bond acceptors (Lipinski definition) is 3. The molecule has 1 radical (unpaired) electrons. The zero-order valence-electron chi connectivity index (χ0n) is 11.6. The Labute approximate surface area is 111 Å². The van der Waals surface area contributed by atoms with Gasteiger partial charge in [0.1, 0.15) is 0 Å². The highest BCUT2D eigenvalue weighted by atomic mass is 16.5. The maximum absolute atomic E-state index is 12.4. The third-order valence-corrected chi connectivity index (χ3v) is 4.18. The number of hydroxylamine groups is 2. The zero-order valence-corrected chi connectivity index (χ0v) is 11.6. The first-order valence-corrected chi connectivity index (χ1v) is 6.35. The summed E-state index contributed by atoms with van der Waals surface area (Å²) in [6.45, 7) is 7.74. The predicted octanol–water partition coefficient (Wildman–Crippen LogP) is 2.53. The second kappa shape index (κ2) is 3.57. The van der Waals surface area contributed by atoms with Gasteiger partial charge in [-0.3, -0.25) is 4.99 Å². The molecule has 0 saturated carbocycles. The van der Waals surface area contributed by atoms with E-state index < -0.39 is 11.1 Å². The van der Waals surface area contributed by atoms with Crippen molar-refractivity contribution in [2.45, 2.75) is 38.8 Å². The summed E-state index contributed by atoms with van der Waals surface area (Å²) in [6, 6.07) is 7.71. The van der Waals surface area contributed by atoms with Crippen molar-refractivity contribution in [1.29, 1.82) is 0 Å². The van der Waals surface area contributed by atoms with Gasteiger partial charge in [-0.25, -0.2) is 4.98 Å². The summed E-state index contributed by atoms with van der Waals surface area (Å²) in [4.78, 5) is 12.2. The van der Waals surface area contributed by atoms with E-state index in [-0.39, 0.29) is 0 Å². The summed E-state index contributed by atoms with van der Waals surface area (Å²) < 4.78 is 0. The fraction of sp³-hybridized carbons (Fsp3) is 0.429. The normalized spacial score (nSPS) is 20.9. The van der Waals surface area contributed by atoms with Crippen molar-refractivity contribution >= 4 is 16.9 Å². The van der Waals surface area contributed by atoms with Crippen molar-refractivity contribution in [1.82, 2.24) is 15.0 Å². The topological polar surface area (TPSA) is 64.2 Å². The standard InChI is InChI=1S/C14H17N4O/c1-13(2)14(3,4)18(19)12(17-13)11-15-9-7-5-6-8-10(9)16-11/h5-8H,1-4H3,(H,15,16). The predicted molar refractivity (Wildman–Crippen MR) is 73.3 cm³/mol. The molecule has 1 aliphatic heterocycles. The van der Waals surface area contributed by atoms with Crippen LogP contribution in [-0.2, 0) is 5.21 Å². The molecular weight excluding hydrogens is 240 g/mol. The summed E-state index contributed by atoms with van der Waals surface area (Å²) in [7, 11) is 0. The minimum Gasteiger partial charge on any atom is -0.335 e. The van der Waals surface area contributed by atoms with Crippen LogP contribution in [0.5, 0.6) is 0 Å². The van der Waals surface area contributed by atoms with Crippen LogP contribution in [0.3, 0.4) is 0 Å². The Hall–Kier alpha value is -1.88. The van der Waals surface area contributed by atoms with Crippen LogP contribution in [-0.4, -0.2) is 31.9 Å². The van der Waals surface area contributed by atoms with Gasteiger partial charge in [-0.05, 0) is 39.8 Å². The van der Waals surface area contributed by atoms with E-state index in [4.69, 9.17) is 0 Å². The number of aromatic amines is 1. The summed E-state index contributed by atoms with van der Waals surface area (Å²) in [5, 5.41) is 13.4. The van der Waals surface area contributed by atoms with Crippen LogP contribution in [0.15, 0.2) is 29.3 Å². The number of aromatic nitrogens is 2. The quantitative estimate of drug-likeness (QED) is 0.853. The minimum atomic E-state index is -0.582. The number of para-hydroxylation sites is 2. The Morgan fingerprint density at radius 3 is 2.42 bits per heavy atom. The number of imidazole rings is 1. The van der Waals surface area contributed by atoms with E-state index in [0.717, 1.165) is 16.1 Å². The van der Waals surface area contributed by atoms with Crippen LogP contribution in [0.1, 0.15) is 33.5 Å². The van der Waals surface area contributed by atoms with E-state index in [1.165, 1.54) is 0 Å². The van der Waals surface area contributed by atoms with Crippen LogP contribution in [0.25, 0.3) is 11.0 Å². The van der Waals surface area contributed by atoms with E-state index >= 15 is 0 Å². The number of amidine groups is 1. The number of nitrogens with one attached hydrogen (secondary N) is 1. The second-order valence-electron chi connectivity index (χ2n) is 5.95. The smallest absolute Gasteiger partial charge is 0.195 e. The average Bonchev–Trinajstić information content (AvgIpc) is 2.83. The largest absolute Gasteiger partial charge is 0.335 e. The van der Waals surface area contributed by atoms with Gasteiger partial charge < -0.3 is 4.98 Å². The van der Waals surface area contributed by atoms with Gasteiger partial charge in [0.2, 0.25) is 0 Å². The molecule has 0 spiro atoms. The van der Waals surface area contributed by atoms with E-state index in [9.17, 15) is 5.21 Å². The van der Waals surface area contributed by atoms with Crippen molar-refractivity contribution < 1.29 is 5.21 Å². The molecular formula is C14H17N4O. The number of fused-ring (bicyclic) bond motifs is 1. The lowest BCUT2D eigenvalue weighted by molar-refractivity contribution is -0.158. The number of benzene rings is 1. The monoisotopic (exact) mass is 257 g/mol. The molecule has 99 valence electrons. The van der Waals surface area contributed by atoms with Gasteiger partial charge in [0.25, 0.3) is 0 Å². The van der Waals surface area contributed by atoms with Gasteiger partial charge >= 0.3 is 0 Å². The SMILES string of the molecule is CC1(C)N=C(c2nc3ccccc3[nH]2)N([O])C1(C)C. The first kappa shape index (κ1) is 12.2. The van der Waals surface area contributed by atoms with Gasteiger partial charge in [-0.1, -0.05) is 17.3 Å². The van der Waals surface area contributed by atoms with Crippen molar-refractivity contribution in [3.63, 3.8) is 0 Å². The Morgan fingerprint density at radius 1 is 1.16 bits per heavy atom. The number of H-pyrrole nitrogens is 1. The van der Waals surface area contributed by atoms with Crippen molar-refractivity contribution in [3.8, 4) is 0 Å². The van der Waals surface area contributed by atoms with Gasteiger partial charge in [0.15, 0.2) is 11.7 Å². The summed E-state index contributed by atoms with van der Waals surface area (Å²) >= 11 is 0. The lowest BCUT2D eigenvalue weighted by atomic mass is 9.84. The summed E-state index contributed by atoms with van der Waals surface area (Å²) in [6.07, 6.45) is 0. The number of rotatable bonds is 1. The molecule has 0 saturated heterocycles. The lowest BCUT2D eigenvalue weighted by Gasteiger charge is -2.35. The molecule has 19 heavy (non-hydrogen) atoms. The molecule has 0 aliphatic carbocycles. The fourth-order valence-corrected chi connectivity index (χ4v) is 2.17. The minimum absolute atomic E-state index is 0.381. The van der Waals surface area contributed by atoms with Crippen molar-refractivity contribution in [2.75, 3.05) is 0 Å². The molecule has 1 aromatic carbocycles. The zero-order chi connectivity index (χ0) is 13.8. The molecule has 1 N–H and O–H groups in total. The molecule has 0 bridgehead atoms. The molecule has 0 atom stereocenters. The van der Waals surface area contributed by atoms with E-state index in [0.29, 0.717) is 11.7 Å². The summed E-state index contributed by atoms with van der Waals surface area (Å²) in [5.74, 6) is 0.918. The van der Waals surface area contributed by atoms with Gasteiger partial charge in [-0.15, -0.1) is 0 Å². The van der Waals surface area contributed by atoms with Crippen LogP contribution >= 0.6 is 0 Å². The molecule has 0 amide bonds. The molecule has 1 aromatic heterocycles. The number of nitrogens with zero attached hydrogens (tertiary/aromatic N) is 3. The fourth-order valence-electron chi connectivity index (χ4n) is 2.17. The number of aliphatic imine (C=N–C) groups is 1. The van der Waals surface area contributed by atoms with Crippen molar-refractivity contribution in [2.24, 2.45) is 4.99 Å². The first-order valence-electron chi connectivity index (χ1n) is 6.35. The molecule has 1 aliphatic rings. The van der Waals surface area contributed by atoms with Gasteiger partial charge in [0.05, 0.1) is 22.1 Å². The summed E-state index contributed by atoms with van der Waals surface area (Å²) in [5.41, 5.74) is 0.733. The molecule has 2 aromatic rings. The lowest BCUT2D eigenvalue weighted by Crippen LogP contribution is -2.50. The third kappa shape index (κ3) is 1.58. The van der Waals surface area contributed by atoms with Gasteiger partial charge in [0, 0.05) is 0 Å². The van der Waals surface area contributed by atoms with Crippen molar-refractivity contribution in [3.05, 3.63) is 30.1 Å². The van der Waals surface area contributed by atoms with E-state index in [1.807, 2.05) is 52.0 Å². The Balaban J connectivity index is 2.12. The molecule has 2 heterocycles. The van der Waals surface area contributed by atoms with Crippen LogP contribution < -0.4 is 0 Å². The van der Waals surface area contributed by atoms with Crippen LogP contribution in [0, 0.1) is 0 Å². The molecule has 5 heteroatoms. The van der Waals surface area contributed by atoms with E-state index in [1.54, 1.807) is 0 Å². The molecule has 5 nitrogen and oxygen atoms in total. The Bertz CT molecular complexity index is 636. The number of hydrogen-bond donors (Lipinski definition) is 1. The molecule has 0 unspecified atom stereocenters. The highest BCUT2D eigenvalue weighted by Crippen LogP contribution is 2.37.